The van der Waals surface area contributed by atoms with Gasteiger partial charge in [0.25, 0.3) is 0 Å². The van der Waals surface area contributed by atoms with Crippen LogP contribution in [0.1, 0.15) is 37.7 Å². The van der Waals surface area contributed by atoms with Gasteiger partial charge in [0.2, 0.25) is 11.8 Å². The number of nitrogens with one attached hydrogen (secondary N) is 1. The molecule has 3 aliphatic rings. The molecule has 10 heteroatoms. The molecular formula is C24H30N4O5S. The summed E-state index contributed by atoms with van der Waals surface area (Å²) in [6.45, 7) is 2.50. The van der Waals surface area contributed by atoms with Gasteiger partial charge in [-0.3, -0.25) is 4.79 Å². The van der Waals surface area contributed by atoms with Crippen LogP contribution < -0.4 is 14.4 Å². The van der Waals surface area contributed by atoms with Crippen LogP contribution in [0.5, 0.6) is 5.88 Å². The van der Waals surface area contributed by atoms with E-state index in [4.69, 9.17) is 4.74 Å². The maximum Gasteiger partial charge on any atom is 0.304 e. The fourth-order valence-corrected chi connectivity index (χ4v) is 7.01. The van der Waals surface area contributed by atoms with Crippen molar-refractivity contribution in [3.63, 3.8) is 0 Å². The lowest BCUT2D eigenvalue weighted by molar-refractivity contribution is -0.117. The molecule has 0 radical (unpaired) electrons. The van der Waals surface area contributed by atoms with E-state index in [0.29, 0.717) is 30.6 Å². The lowest BCUT2D eigenvalue weighted by Crippen LogP contribution is -2.50. The van der Waals surface area contributed by atoms with Crippen molar-refractivity contribution in [1.82, 2.24) is 9.29 Å². The van der Waals surface area contributed by atoms with Gasteiger partial charge in [0.05, 0.1) is 31.0 Å². The van der Waals surface area contributed by atoms with E-state index in [9.17, 15) is 18.3 Å². The number of carbonyl (C=O) groups excluding carboxylic acids is 1. The van der Waals surface area contributed by atoms with Gasteiger partial charge in [0.1, 0.15) is 11.8 Å². The number of pyridine rings is 1. The maximum absolute atomic E-state index is 13.7. The lowest BCUT2D eigenvalue weighted by atomic mass is 10.0. The van der Waals surface area contributed by atoms with Gasteiger partial charge in [0, 0.05) is 13.1 Å². The Labute approximate surface area is 199 Å². The summed E-state index contributed by atoms with van der Waals surface area (Å²) in [4.78, 5) is 17.1. The quantitative estimate of drug-likeness (QED) is 0.648. The second-order valence-electron chi connectivity index (χ2n) is 9.40. The number of hydrogen-bond acceptors (Lipinski definition) is 6. The predicted molar refractivity (Wildman–Crippen MR) is 128 cm³/mol. The van der Waals surface area contributed by atoms with Crippen LogP contribution in [0.15, 0.2) is 42.6 Å². The summed E-state index contributed by atoms with van der Waals surface area (Å²) in [6.07, 6.45) is 4.01. The van der Waals surface area contributed by atoms with Crippen molar-refractivity contribution in [3.05, 3.63) is 48.2 Å². The Morgan fingerprint density at radius 3 is 2.59 bits per heavy atom. The highest BCUT2D eigenvalue weighted by molar-refractivity contribution is 7.90. The molecule has 0 spiro atoms. The third-order valence-corrected chi connectivity index (χ3v) is 9.06. The maximum atomic E-state index is 13.7. The minimum Gasteiger partial charge on any atom is -0.468 e. The Hall–Kier alpha value is -2.69. The minimum absolute atomic E-state index is 0.0167. The Balaban J connectivity index is 1.41. The molecule has 1 aliphatic carbocycles. The summed E-state index contributed by atoms with van der Waals surface area (Å²) < 4.78 is 35.9. The average molecular weight is 487 g/mol. The number of fused-ring (bicyclic) bond motifs is 2. The monoisotopic (exact) mass is 486 g/mol. The number of aliphatic hydroxyl groups is 1. The largest absolute Gasteiger partial charge is 0.468 e. The standard InChI is InChI=1S/C24H30N4O5S/c1-16(17-6-3-2-4-7-17)23(30)26-20-10-22-24(25-11-20)33-21(15-29)14-28(22)34(31,32)27-12-18-8-5-9-19(18)13-27/h2-4,6-7,10-11,16,18-19,21,29H,5,8-9,12-15H2,1H3,(H,26,30)/t16-,18-,19+,21+/m0/s1. The summed E-state index contributed by atoms with van der Waals surface area (Å²) in [7, 11) is -3.84. The Morgan fingerprint density at radius 1 is 1.21 bits per heavy atom. The van der Waals surface area contributed by atoms with E-state index in [1.165, 1.54) is 10.5 Å². The fraction of sp³-hybridized carbons (Fsp3) is 0.500. The van der Waals surface area contributed by atoms with E-state index in [1.807, 2.05) is 37.3 Å². The molecule has 9 nitrogen and oxygen atoms in total. The zero-order chi connectivity index (χ0) is 23.9. The summed E-state index contributed by atoms with van der Waals surface area (Å²) in [5.74, 6) is 0.331. The SMILES string of the molecule is C[C@H](C(=O)Nc1cnc2c(c1)N(S(=O)(=O)N1C[C@H]3CCC[C@H]3C1)C[C@H](CO)O2)c1ccccc1. The molecule has 0 unspecified atom stereocenters. The Morgan fingerprint density at radius 2 is 1.91 bits per heavy atom. The number of aliphatic hydroxyl groups excluding tert-OH is 1. The van der Waals surface area contributed by atoms with Crippen molar-refractivity contribution in [2.75, 3.05) is 35.9 Å². The number of anilines is 2. The van der Waals surface area contributed by atoms with Gasteiger partial charge < -0.3 is 15.2 Å². The van der Waals surface area contributed by atoms with Crippen molar-refractivity contribution in [1.29, 1.82) is 0 Å². The highest BCUT2D eigenvalue weighted by Crippen LogP contribution is 2.42. The number of amides is 1. The second kappa shape index (κ2) is 9.16. The zero-order valence-electron chi connectivity index (χ0n) is 19.1. The number of hydrogen-bond donors (Lipinski definition) is 2. The van der Waals surface area contributed by atoms with Gasteiger partial charge in [-0.05, 0) is 43.2 Å². The molecule has 0 bridgehead atoms. The smallest absolute Gasteiger partial charge is 0.304 e. The predicted octanol–water partition coefficient (Wildman–Crippen LogP) is 2.36. The van der Waals surface area contributed by atoms with E-state index in [1.54, 1.807) is 10.4 Å². The number of carbonyl (C=O) groups is 1. The van der Waals surface area contributed by atoms with Crippen molar-refractivity contribution < 1.29 is 23.1 Å². The van der Waals surface area contributed by atoms with E-state index in [-0.39, 0.29) is 30.6 Å². The first-order valence-corrected chi connectivity index (χ1v) is 13.2. The number of aromatic nitrogens is 1. The molecule has 2 fully saturated rings. The van der Waals surface area contributed by atoms with Crippen molar-refractivity contribution in [2.24, 2.45) is 11.8 Å². The Bertz CT molecular complexity index is 1150. The van der Waals surface area contributed by atoms with Gasteiger partial charge in [-0.15, -0.1) is 0 Å². The molecule has 4 atom stereocenters. The molecule has 2 aliphatic heterocycles. The Kier molecular flexibility index (Phi) is 6.22. The summed E-state index contributed by atoms with van der Waals surface area (Å²) in [5, 5.41) is 12.5. The van der Waals surface area contributed by atoms with Crippen molar-refractivity contribution in [3.8, 4) is 5.88 Å². The second-order valence-corrected chi connectivity index (χ2v) is 11.3. The van der Waals surface area contributed by atoms with Crippen LogP contribution in [0.4, 0.5) is 11.4 Å². The van der Waals surface area contributed by atoms with Crippen LogP contribution in [-0.2, 0) is 15.0 Å². The molecule has 1 aromatic heterocycles. The third kappa shape index (κ3) is 4.25. The van der Waals surface area contributed by atoms with Crippen LogP contribution >= 0.6 is 0 Å². The first-order chi connectivity index (χ1) is 16.4. The normalized spacial score (nSPS) is 25.4. The fourth-order valence-electron chi connectivity index (χ4n) is 5.23. The zero-order valence-corrected chi connectivity index (χ0v) is 19.9. The van der Waals surface area contributed by atoms with Crippen LogP contribution in [0.2, 0.25) is 0 Å². The number of benzene rings is 1. The first-order valence-electron chi connectivity index (χ1n) is 11.8. The van der Waals surface area contributed by atoms with Crippen molar-refractivity contribution >= 4 is 27.5 Å². The molecule has 2 N–H and O–H groups in total. The minimum atomic E-state index is -3.84. The highest BCUT2D eigenvalue weighted by atomic mass is 32.2. The van der Waals surface area contributed by atoms with Crippen LogP contribution in [0.25, 0.3) is 0 Å². The molecule has 34 heavy (non-hydrogen) atoms. The van der Waals surface area contributed by atoms with Gasteiger partial charge in [-0.1, -0.05) is 36.8 Å². The molecule has 1 saturated carbocycles. The molecule has 5 rings (SSSR count). The van der Waals surface area contributed by atoms with Gasteiger partial charge in [-0.25, -0.2) is 9.29 Å². The van der Waals surface area contributed by atoms with Gasteiger partial charge in [-0.2, -0.15) is 12.7 Å². The average Bonchev–Trinajstić information content (AvgIpc) is 3.46. The molecule has 1 saturated heterocycles. The van der Waals surface area contributed by atoms with Gasteiger partial charge >= 0.3 is 10.2 Å². The molecular weight excluding hydrogens is 456 g/mol. The first kappa shape index (κ1) is 23.1. The third-order valence-electron chi connectivity index (χ3n) is 7.21. The van der Waals surface area contributed by atoms with E-state index in [2.05, 4.69) is 10.3 Å². The molecule has 2 aromatic rings. The van der Waals surface area contributed by atoms with E-state index in [0.717, 1.165) is 24.8 Å². The summed E-state index contributed by atoms with van der Waals surface area (Å²) in [6, 6.07) is 11.0. The van der Waals surface area contributed by atoms with E-state index < -0.39 is 22.2 Å². The molecule has 182 valence electrons. The summed E-state index contributed by atoms with van der Waals surface area (Å²) >= 11 is 0. The summed E-state index contributed by atoms with van der Waals surface area (Å²) in [5.41, 5.74) is 1.53. The van der Waals surface area contributed by atoms with Crippen LogP contribution in [0, 0.1) is 11.8 Å². The van der Waals surface area contributed by atoms with Crippen molar-refractivity contribution in [2.45, 2.75) is 38.2 Å². The highest BCUT2D eigenvalue weighted by Gasteiger charge is 2.45. The van der Waals surface area contributed by atoms with Crippen LogP contribution in [-0.4, -0.2) is 61.1 Å². The van der Waals surface area contributed by atoms with Crippen LogP contribution in [0.3, 0.4) is 0 Å². The molecule has 3 heterocycles. The topological polar surface area (TPSA) is 112 Å². The van der Waals surface area contributed by atoms with Gasteiger partial charge in [0.15, 0.2) is 0 Å². The lowest BCUT2D eigenvalue weighted by Gasteiger charge is -2.36. The number of ether oxygens (including phenoxy) is 1. The van der Waals surface area contributed by atoms with E-state index >= 15 is 0 Å². The number of nitrogens with zero attached hydrogens (tertiary/aromatic N) is 3. The molecule has 1 aromatic carbocycles. The molecule has 1 amide bonds. The number of rotatable bonds is 6.